The number of hydrogen-bond donors (Lipinski definition) is 3. The quantitative estimate of drug-likeness (QED) is 0.731. The van der Waals surface area contributed by atoms with E-state index in [4.69, 9.17) is 17.3 Å². The van der Waals surface area contributed by atoms with Crippen LogP contribution in [0.2, 0.25) is 5.02 Å². The summed E-state index contributed by atoms with van der Waals surface area (Å²) in [6.45, 7) is -0.275. The van der Waals surface area contributed by atoms with E-state index in [0.29, 0.717) is 16.4 Å². The lowest BCUT2D eigenvalue weighted by Crippen LogP contribution is -2.36. The van der Waals surface area contributed by atoms with Gasteiger partial charge in [0.05, 0.1) is 29.5 Å². The number of benzene rings is 1. The first-order chi connectivity index (χ1) is 8.95. The van der Waals surface area contributed by atoms with Gasteiger partial charge in [-0.05, 0) is 12.1 Å². The summed E-state index contributed by atoms with van der Waals surface area (Å²) in [7, 11) is 3.65. The fourth-order valence-electron chi connectivity index (χ4n) is 1.52. The number of nitrogens with zero attached hydrogens (tertiary/aromatic N) is 1. The van der Waals surface area contributed by atoms with Crippen molar-refractivity contribution in [2.75, 3.05) is 37.4 Å². The number of hydrogen-bond acceptors (Lipinski definition) is 4. The highest BCUT2D eigenvalue weighted by molar-refractivity contribution is 6.34. The van der Waals surface area contributed by atoms with Crippen molar-refractivity contribution in [2.24, 2.45) is 5.73 Å². The van der Waals surface area contributed by atoms with Crippen LogP contribution in [0.25, 0.3) is 0 Å². The molecule has 0 saturated heterocycles. The summed E-state index contributed by atoms with van der Waals surface area (Å²) in [4.78, 5) is 24.4. The lowest BCUT2D eigenvalue weighted by atomic mass is 10.2. The van der Waals surface area contributed by atoms with E-state index in [0.717, 1.165) is 0 Å². The van der Waals surface area contributed by atoms with Gasteiger partial charge in [0, 0.05) is 14.1 Å². The SMILES string of the molecule is CN(C)c1c(Cl)cccc1NC(=O)CNC(=O)CN. The standard InChI is InChI=1S/C12H17ClN4O2/c1-17(2)12-8(13)4-3-5-9(12)16-11(19)7-15-10(18)6-14/h3-5H,6-7,14H2,1-2H3,(H,15,18)(H,16,19). The summed E-state index contributed by atoms with van der Waals surface area (Å²) < 4.78 is 0. The number of amides is 2. The van der Waals surface area contributed by atoms with E-state index in [1.165, 1.54) is 0 Å². The Morgan fingerprint density at radius 3 is 2.58 bits per heavy atom. The fraction of sp³-hybridized carbons (Fsp3) is 0.333. The molecule has 19 heavy (non-hydrogen) atoms. The number of anilines is 2. The molecular weight excluding hydrogens is 268 g/mol. The van der Waals surface area contributed by atoms with Gasteiger partial charge in [0.15, 0.2) is 0 Å². The van der Waals surface area contributed by atoms with Crippen molar-refractivity contribution in [1.82, 2.24) is 5.32 Å². The van der Waals surface area contributed by atoms with Crippen molar-refractivity contribution >= 4 is 34.8 Å². The molecule has 0 aliphatic heterocycles. The van der Waals surface area contributed by atoms with Gasteiger partial charge in [-0.3, -0.25) is 9.59 Å². The van der Waals surface area contributed by atoms with Crippen LogP contribution in [0.3, 0.4) is 0 Å². The number of carbonyl (C=O) groups excluding carboxylic acids is 2. The Morgan fingerprint density at radius 2 is 2.00 bits per heavy atom. The van der Waals surface area contributed by atoms with Gasteiger partial charge in [-0.15, -0.1) is 0 Å². The summed E-state index contributed by atoms with van der Waals surface area (Å²) in [5.41, 5.74) is 6.42. The maximum Gasteiger partial charge on any atom is 0.243 e. The minimum atomic E-state index is -0.380. The second-order valence-corrected chi connectivity index (χ2v) is 4.47. The largest absolute Gasteiger partial charge is 0.375 e. The average Bonchev–Trinajstić information content (AvgIpc) is 2.35. The molecule has 0 radical (unpaired) electrons. The second kappa shape index (κ2) is 6.96. The molecule has 0 atom stereocenters. The average molecular weight is 285 g/mol. The zero-order valence-electron chi connectivity index (χ0n) is 10.9. The van der Waals surface area contributed by atoms with E-state index >= 15 is 0 Å². The normalized spacial score (nSPS) is 9.89. The summed E-state index contributed by atoms with van der Waals surface area (Å²) >= 11 is 6.08. The molecule has 0 unspecified atom stereocenters. The monoisotopic (exact) mass is 284 g/mol. The van der Waals surface area contributed by atoms with Gasteiger partial charge in [-0.1, -0.05) is 17.7 Å². The van der Waals surface area contributed by atoms with Crippen LogP contribution in [0, 0.1) is 0 Å². The van der Waals surface area contributed by atoms with Crippen molar-refractivity contribution in [3.8, 4) is 0 Å². The van der Waals surface area contributed by atoms with Crippen LogP contribution in [-0.2, 0) is 9.59 Å². The third-order valence-electron chi connectivity index (χ3n) is 2.34. The molecule has 0 heterocycles. The Hall–Kier alpha value is -1.79. The zero-order chi connectivity index (χ0) is 14.4. The summed E-state index contributed by atoms with van der Waals surface area (Å²) in [6.07, 6.45) is 0. The third-order valence-corrected chi connectivity index (χ3v) is 2.64. The number of nitrogens with one attached hydrogen (secondary N) is 2. The Bertz CT molecular complexity index is 477. The molecule has 1 aromatic rings. The van der Waals surface area contributed by atoms with Crippen molar-refractivity contribution in [3.63, 3.8) is 0 Å². The zero-order valence-corrected chi connectivity index (χ0v) is 11.6. The minimum Gasteiger partial charge on any atom is -0.375 e. The fourth-order valence-corrected chi connectivity index (χ4v) is 1.86. The van der Waals surface area contributed by atoms with Crippen LogP contribution in [0.4, 0.5) is 11.4 Å². The van der Waals surface area contributed by atoms with E-state index in [2.05, 4.69) is 10.6 Å². The number of para-hydroxylation sites is 1. The molecule has 0 aromatic heterocycles. The van der Waals surface area contributed by atoms with Gasteiger partial charge in [0.2, 0.25) is 11.8 Å². The first-order valence-corrected chi connectivity index (χ1v) is 6.06. The highest BCUT2D eigenvalue weighted by Crippen LogP contribution is 2.32. The van der Waals surface area contributed by atoms with Gasteiger partial charge in [0.1, 0.15) is 0 Å². The number of halogens is 1. The second-order valence-electron chi connectivity index (χ2n) is 4.06. The Morgan fingerprint density at radius 1 is 1.32 bits per heavy atom. The van der Waals surface area contributed by atoms with E-state index in [1.54, 1.807) is 23.1 Å². The van der Waals surface area contributed by atoms with Crippen LogP contribution < -0.4 is 21.3 Å². The molecule has 7 heteroatoms. The smallest absolute Gasteiger partial charge is 0.243 e. The van der Waals surface area contributed by atoms with Crippen molar-refractivity contribution in [3.05, 3.63) is 23.2 Å². The predicted molar refractivity (Wildman–Crippen MR) is 76.5 cm³/mol. The topological polar surface area (TPSA) is 87.5 Å². The molecule has 1 rings (SSSR count). The van der Waals surface area contributed by atoms with Gasteiger partial charge in [-0.2, -0.15) is 0 Å². The molecule has 0 bridgehead atoms. The lowest BCUT2D eigenvalue weighted by molar-refractivity contribution is -0.123. The molecule has 0 aliphatic carbocycles. The summed E-state index contributed by atoms with van der Waals surface area (Å²) in [5.74, 6) is -0.721. The molecule has 104 valence electrons. The van der Waals surface area contributed by atoms with Crippen LogP contribution >= 0.6 is 11.6 Å². The van der Waals surface area contributed by atoms with E-state index in [1.807, 2.05) is 14.1 Å². The Kier molecular flexibility index (Phi) is 5.59. The van der Waals surface area contributed by atoms with E-state index < -0.39 is 0 Å². The number of carbonyl (C=O) groups is 2. The summed E-state index contributed by atoms with van der Waals surface area (Å²) in [6, 6.07) is 5.22. The molecule has 6 nitrogen and oxygen atoms in total. The van der Waals surface area contributed by atoms with Gasteiger partial charge >= 0.3 is 0 Å². The van der Waals surface area contributed by atoms with Crippen LogP contribution in [0.1, 0.15) is 0 Å². The molecule has 0 aliphatic rings. The Balaban J connectivity index is 2.74. The van der Waals surface area contributed by atoms with Crippen molar-refractivity contribution < 1.29 is 9.59 Å². The molecule has 0 fully saturated rings. The van der Waals surface area contributed by atoms with E-state index in [9.17, 15) is 9.59 Å². The maximum atomic E-state index is 11.7. The predicted octanol–water partition coefficient (Wildman–Crippen LogP) is 0.419. The molecule has 0 saturated carbocycles. The van der Waals surface area contributed by atoms with E-state index in [-0.39, 0.29) is 24.9 Å². The molecular formula is C12H17ClN4O2. The van der Waals surface area contributed by atoms with Crippen molar-refractivity contribution in [1.29, 1.82) is 0 Å². The number of nitrogens with two attached hydrogens (primary N) is 1. The van der Waals surface area contributed by atoms with Crippen molar-refractivity contribution in [2.45, 2.75) is 0 Å². The lowest BCUT2D eigenvalue weighted by Gasteiger charge is -2.19. The highest BCUT2D eigenvalue weighted by atomic mass is 35.5. The number of rotatable bonds is 5. The van der Waals surface area contributed by atoms with Gasteiger partial charge in [-0.25, -0.2) is 0 Å². The Labute approximate surface area is 116 Å². The molecule has 1 aromatic carbocycles. The highest BCUT2D eigenvalue weighted by Gasteiger charge is 2.12. The van der Waals surface area contributed by atoms with Crippen LogP contribution in [0.5, 0.6) is 0 Å². The third kappa shape index (κ3) is 4.42. The van der Waals surface area contributed by atoms with Crippen LogP contribution in [0.15, 0.2) is 18.2 Å². The minimum absolute atomic E-state index is 0.130. The molecule has 4 N–H and O–H groups in total. The van der Waals surface area contributed by atoms with Crippen LogP contribution in [-0.4, -0.2) is 39.0 Å². The maximum absolute atomic E-state index is 11.7. The molecule has 0 spiro atoms. The first kappa shape index (κ1) is 15.3. The van der Waals surface area contributed by atoms with Gasteiger partial charge < -0.3 is 21.3 Å². The first-order valence-electron chi connectivity index (χ1n) is 5.68. The van der Waals surface area contributed by atoms with Gasteiger partial charge in [0.25, 0.3) is 0 Å². The summed E-state index contributed by atoms with van der Waals surface area (Å²) in [5, 5.41) is 5.62. The molecule has 2 amide bonds.